The zero-order valence-electron chi connectivity index (χ0n) is 12.8. The highest BCUT2D eigenvalue weighted by atomic mass is 35.5. The highest BCUT2D eigenvalue weighted by molar-refractivity contribution is 5.95. The average Bonchev–Trinajstić information content (AvgIpc) is 2.40. The van der Waals surface area contributed by atoms with Gasteiger partial charge >= 0.3 is 0 Å². The van der Waals surface area contributed by atoms with Gasteiger partial charge in [-0.1, -0.05) is 31.0 Å². The van der Waals surface area contributed by atoms with Crippen molar-refractivity contribution >= 4 is 29.9 Å². The second-order valence-electron chi connectivity index (χ2n) is 5.00. The molecule has 0 heterocycles. The summed E-state index contributed by atoms with van der Waals surface area (Å²) in [5, 5.41) is 2.75. The number of hydrogen-bond acceptors (Lipinski definition) is 3. The van der Waals surface area contributed by atoms with E-state index in [1.54, 1.807) is 7.05 Å². The van der Waals surface area contributed by atoms with Gasteiger partial charge in [0.1, 0.15) is 0 Å². The summed E-state index contributed by atoms with van der Waals surface area (Å²) >= 11 is 0. The van der Waals surface area contributed by atoms with E-state index in [-0.39, 0.29) is 30.8 Å². The maximum Gasteiger partial charge on any atom is 0.243 e. The fourth-order valence-electron chi connectivity index (χ4n) is 1.85. The predicted octanol–water partition coefficient (Wildman–Crippen LogP) is 1.94. The van der Waals surface area contributed by atoms with E-state index in [9.17, 15) is 9.59 Å². The number of rotatable bonds is 6. The molecule has 0 aliphatic carbocycles. The summed E-state index contributed by atoms with van der Waals surface area (Å²) in [4.78, 5) is 25.1. The zero-order chi connectivity index (χ0) is 15.1. The zero-order valence-corrected chi connectivity index (χ0v) is 13.6. The third kappa shape index (κ3) is 6.60. The van der Waals surface area contributed by atoms with Crippen LogP contribution < -0.4 is 11.1 Å². The maximum atomic E-state index is 11.9. The molecule has 0 aromatic heterocycles. The van der Waals surface area contributed by atoms with Crippen LogP contribution in [0.15, 0.2) is 24.3 Å². The van der Waals surface area contributed by atoms with Crippen molar-refractivity contribution in [2.24, 2.45) is 5.73 Å². The van der Waals surface area contributed by atoms with Crippen molar-refractivity contribution in [3.8, 4) is 0 Å². The molecule has 3 N–H and O–H groups in total. The molecule has 0 radical (unpaired) electrons. The molecule has 21 heavy (non-hydrogen) atoms. The Kier molecular flexibility index (Phi) is 8.66. The van der Waals surface area contributed by atoms with Crippen LogP contribution in [0.4, 0.5) is 5.69 Å². The van der Waals surface area contributed by atoms with Crippen molar-refractivity contribution in [1.29, 1.82) is 0 Å². The Morgan fingerprint density at radius 1 is 1.29 bits per heavy atom. The minimum Gasteiger partial charge on any atom is -0.335 e. The molecule has 0 fully saturated rings. The molecular weight excluding hydrogens is 290 g/mol. The second kappa shape index (κ2) is 9.37. The number of nitrogens with two attached hydrogens (primary N) is 1. The Hall–Kier alpha value is -1.59. The van der Waals surface area contributed by atoms with Crippen LogP contribution in [-0.2, 0) is 9.59 Å². The Morgan fingerprint density at radius 2 is 1.86 bits per heavy atom. The standard InChI is InChI=1S/C15H23N3O2.ClH/c1-4-5-13(16)15(20)18(3)10-14(19)17-12-8-6-11(2)7-9-12;/h6-9,13H,4-5,10,16H2,1-3H3,(H,17,19);1H. The van der Waals surface area contributed by atoms with E-state index in [1.807, 2.05) is 38.1 Å². The van der Waals surface area contributed by atoms with E-state index in [2.05, 4.69) is 5.32 Å². The van der Waals surface area contributed by atoms with Crippen LogP contribution in [0.25, 0.3) is 0 Å². The van der Waals surface area contributed by atoms with E-state index in [1.165, 1.54) is 4.90 Å². The van der Waals surface area contributed by atoms with Crippen LogP contribution in [0, 0.1) is 6.92 Å². The second-order valence-corrected chi connectivity index (χ2v) is 5.00. The van der Waals surface area contributed by atoms with Gasteiger partial charge in [-0.2, -0.15) is 0 Å². The number of hydrogen-bond donors (Lipinski definition) is 2. The lowest BCUT2D eigenvalue weighted by Gasteiger charge is -2.20. The molecule has 1 unspecified atom stereocenters. The largest absolute Gasteiger partial charge is 0.335 e. The maximum absolute atomic E-state index is 11.9. The number of halogens is 1. The summed E-state index contributed by atoms with van der Waals surface area (Å²) < 4.78 is 0. The molecule has 0 aliphatic heterocycles. The fraction of sp³-hybridized carbons (Fsp3) is 0.467. The molecule has 1 rings (SSSR count). The molecule has 0 saturated heterocycles. The van der Waals surface area contributed by atoms with Crippen LogP contribution in [0.3, 0.4) is 0 Å². The number of benzene rings is 1. The third-order valence-corrected chi connectivity index (χ3v) is 3.01. The van der Waals surface area contributed by atoms with Crippen molar-refractivity contribution in [2.45, 2.75) is 32.7 Å². The Bertz CT molecular complexity index is 462. The van der Waals surface area contributed by atoms with Gasteiger partial charge < -0.3 is 16.0 Å². The Labute approximate surface area is 132 Å². The molecule has 0 spiro atoms. The van der Waals surface area contributed by atoms with E-state index in [0.29, 0.717) is 6.42 Å². The van der Waals surface area contributed by atoms with Gasteiger partial charge in [-0.3, -0.25) is 9.59 Å². The molecule has 6 heteroatoms. The van der Waals surface area contributed by atoms with Gasteiger partial charge in [-0.15, -0.1) is 12.4 Å². The van der Waals surface area contributed by atoms with Gasteiger partial charge in [0.05, 0.1) is 12.6 Å². The number of amides is 2. The molecule has 1 atom stereocenters. The number of carbonyl (C=O) groups excluding carboxylic acids is 2. The lowest BCUT2D eigenvalue weighted by atomic mass is 10.1. The molecular formula is C15H24ClN3O2. The topological polar surface area (TPSA) is 75.4 Å². The monoisotopic (exact) mass is 313 g/mol. The minimum atomic E-state index is -0.530. The van der Waals surface area contributed by atoms with Crippen molar-refractivity contribution in [2.75, 3.05) is 18.9 Å². The van der Waals surface area contributed by atoms with Gasteiger partial charge in [0.15, 0.2) is 0 Å². The number of carbonyl (C=O) groups is 2. The van der Waals surface area contributed by atoms with Crippen molar-refractivity contribution in [3.63, 3.8) is 0 Å². The first-order valence-corrected chi connectivity index (χ1v) is 6.81. The fourth-order valence-corrected chi connectivity index (χ4v) is 1.85. The molecule has 5 nitrogen and oxygen atoms in total. The number of nitrogens with zero attached hydrogens (tertiary/aromatic N) is 1. The first kappa shape index (κ1) is 19.4. The number of aryl methyl sites for hydroxylation is 1. The molecule has 2 amide bonds. The van der Waals surface area contributed by atoms with E-state index < -0.39 is 6.04 Å². The molecule has 0 saturated carbocycles. The smallest absolute Gasteiger partial charge is 0.243 e. The van der Waals surface area contributed by atoms with Crippen LogP contribution >= 0.6 is 12.4 Å². The number of nitrogens with one attached hydrogen (secondary N) is 1. The summed E-state index contributed by atoms with van der Waals surface area (Å²) in [6, 6.07) is 6.97. The highest BCUT2D eigenvalue weighted by Gasteiger charge is 2.19. The van der Waals surface area contributed by atoms with Gasteiger partial charge in [-0.25, -0.2) is 0 Å². The van der Waals surface area contributed by atoms with Gasteiger partial charge in [-0.05, 0) is 25.5 Å². The van der Waals surface area contributed by atoms with Crippen LogP contribution in [0.1, 0.15) is 25.3 Å². The summed E-state index contributed by atoms with van der Waals surface area (Å²) in [7, 11) is 1.59. The minimum absolute atomic E-state index is 0. The number of anilines is 1. The van der Waals surface area contributed by atoms with Crippen LogP contribution in [0.2, 0.25) is 0 Å². The van der Waals surface area contributed by atoms with Gasteiger partial charge in [0.25, 0.3) is 0 Å². The normalized spacial score (nSPS) is 11.2. The van der Waals surface area contributed by atoms with E-state index >= 15 is 0 Å². The average molecular weight is 314 g/mol. The Balaban J connectivity index is 0.00000400. The third-order valence-electron chi connectivity index (χ3n) is 3.01. The van der Waals surface area contributed by atoms with Crippen LogP contribution in [0.5, 0.6) is 0 Å². The summed E-state index contributed by atoms with van der Waals surface area (Å²) in [6.45, 7) is 3.95. The molecule has 118 valence electrons. The molecule has 1 aromatic carbocycles. The van der Waals surface area contributed by atoms with Crippen LogP contribution in [-0.4, -0.2) is 36.3 Å². The highest BCUT2D eigenvalue weighted by Crippen LogP contribution is 2.08. The molecule has 0 aliphatic rings. The first-order valence-electron chi connectivity index (χ1n) is 6.81. The quantitative estimate of drug-likeness (QED) is 0.842. The SMILES string of the molecule is CCCC(N)C(=O)N(C)CC(=O)Nc1ccc(C)cc1.Cl. The molecule has 1 aromatic rings. The molecule has 0 bridgehead atoms. The van der Waals surface area contributed by atoms with Crippen molar-refractivity contribution < 1.29 is 9.59 Å². The van der Waals surface area contributed by atoms with Gasteiger partial charge in [0.2, 0.25) is 11.8 Å². The van der Waals surface area contributed by atoms with Crippen molar-refractivity contribution in [3.05, 3.63) is 29.8 Å². The lowest BCUT2D eigenvalue weighted by Crippen LogP contribution is -2.44. The first-order chi connectivity index (χ1) is 9.43. The Morgan fingerprint density at radius 3 is 2.38 bits per heavy atom. The summed E-state index contributed by atoms with van der Waals surface area (Å²) in [5.74, 6) is -0.431. The van der Waals surface area contributed by atoms with Crippen molar-refractivity contribution in [1.82, 2.24) is 4.90 Å². The van der Waals surface area contributed by atoms with E-state index in [4.69, 9.17) is 5.73 Å². The predicted molar refractivity (Wildman–Crippen MR) is 87.6 cm³/mol. The lowest BCUT2D eigenvalue weighted by molar-refractivity contribution is -0.134. The number of likely N-dealkylation sites (N-methyl/N-ethyl adjacent to an activating group) is 1. The van der Waals surface area contributed by atoms with Gasteiger partial charge in [0, 0.05) is 12.7 Å². The summed E-state index contributed by atoms with van der Waals surface area (Å²) in [6.07, 6.45) is 1.47. The van der Waals surface area contributed by atoms with E-state index in [0.717, 1.165) is 17.7 Å². The summed E-state index contributed by atoms with van der Waals surface area (Å²) in [5.41, 5.74) is 7.60.